The van der Waals surface area contributed by atoms with Crippen LogP contribution in [-0.4, -0.2) is 36.9 Å². The molecule has 25 heavy (non-hydrogen) atoms. The van der Waals surface area contributed by atoms with E-state index in [1.807, 2.05) is 45.0 Å². The van der Waals surface area contributed by atoms with Gasteiger partial charge in [-0.2, -0.15) is 0 Å². The van der Waals surface area contributed by atoms with Gasteiger partial charge in [-0.3, -0.25) is 4.79 Å². The van der Waals surface area contributed by atoms with Crippen LogP contribution in [-0.2, 0) is 0 Å². The Morgan fingerprint density at radius 3 is 2.28 bits per heavy atom. The smallest absolute Gasteiger partial charge is 0.173 e. The van der Waals surface area contributed by atoms with Crippen LogP contribution >= 0.6 is 11.8 Å². The van der Waals surface area contributed by atoms with E-state index in [1.54, 1.807) is 18.1 Å². The second-order valence-corrected chi connectivity index (χ2v) is 7.58. The van der Waals surface area contributed by atoms with E-state index in [1.165, 1.54) is 16.0 Å². The van der Waals surface area contributed by atoms with Gasteiger partial charge in [-0.25, -0.2) is 4.99 Å². The molecule has 0 unspecified atom stereocenters. The van der Waals surface area contributed by atoms with Gasteiger partial charge in [0, 0.05) is 24.6 Å². The van der Waals surface area contributed by atoms with E-state index in [0.717, 1.165) is 22.4 Å². The van der Waals surface area contributed by atoms with Crippen molar-refractivity contribution in [1.29, 1.82) is 0 Å². The van der Waals surface area contributed by atoms with Crippen LogP contribution in [0.25, 0.3) is 0 Å². The van der Waals surface area contributed by atoms with Crippen LogP contribution in [0, 0.1) is 27.7 Å². The highest BCUT2D eigenvalue weighted by Crippen LogP contribution is 2.28. The lowest BCUT2D eigenvalue weighted by molar-refractivity contribution is 0.102. The quantitative estimate of drug-likeness (QED) is 0.312. The Morgan fingerprint density at radius 2 is 1.68 bits per heavy atom. The molecule has 0 heterocycles. The van der Waals surface area contributed by atoms with Gasteiger partial charge in [0.2, 0.25) is 0 Å². The summed E-state index contributed by atoms with van der Waals surface area (Å²) >= 11 is 1.62. The molecule has 0 atom stereocenters. The third-order valence-electron chi connectivity index (χ3n) is 4.03. The van der Waals surface area contributed by atoms with Crippen LogP contribution in [0.1, 0.15) is 32.6 Å². The number of nitrogens with zero attached hydrogens (tertiary/aromatic N) is 2. The predicted octanol–water partition coefficient (Wildman–Crippen LogP) is 5.12. The highest BCUT2D eigenvalue weighted by molar-refractivity contribution is 8.00. The molecule has 0 fully saturated rings. The van der Waals surface area contributed by atoms with Crippen LogP contribution in [0.5, 0.6) is 0 Å². The number of hydrogen-bond donors (Lipinski definition) is 0. The summed E-state index contributed by atoms with van der Waals surface area (Å²) in [6.45, 7) is 8.15. The molecule has 0 spiro atoms. The molecular formula is C21H26N2OS. The summed E-state index contributed by atoms with van der Waals surface area (Å²) in [5.74, 6) is 0.614. The number of carbonyl (C=O) groups excluding carboxylic acids is 1. The molecule has 0 N–H and O–H groups in total. The van der Waals surface area contributed by atoms with Crippen LogP contribution in [0.15, 0.2) is 40.2 Å². The number of ketones is 1. The maximum atomic E-state index is 12.7. The molecule has 0 aliphatic rings. The fourth-order valence-electron chi connectivity index (χ4n) is 2.66. The zero-order chi connectivity index (χ0) is 18.6. The highest BCUT2D eigenvalue weighted by Gasteiger charge is 2.13. The van der Waals surface area contributed by atoms with Gasteiger partial charge in [-0.1, -0.05) is 18.2 Å². The first-order valence-corrected chi connectivity index (χ1v) is 9.32. The summed E-state index contributed by atoms with van der Waals surface area (Å²) in [6.07, 6.45) is 1.78. The van der Waals surface area contributed by atoms with Crippen molar-refractivity contribution in [3.8, 4) is 0 Å². The summed E-state index contributed by atoms with van der Waals surface area (Å²) in [7, 11) is 3.88. The van der Waals surface area contributed by atoms with Crippen molar-refractivity contribution in [1.82, 2.24) is 4.90 Å². The van der Waals surface area contributed by atoms with E-state index < -0.39 is 0 Å². The first-order valence-electron chi connectivity index (χ1n) is 8.33. The zero-order valence-corrected chi connectivity index (χ0v) is 16.7. The molecule has 0 amide bonds. The maximum absolute atomic E-state index is 12.7. The molecule has 2 rings (SSSR count). The van der Waals surface area contributed by atoms with E-state index in [0.29, 0.717) is 5.75 Å². The Balaban J connectivity index is 2.18. The molecule has 0 saturated heterocycles. The van der Waals surface area contributed by atoms with Crippen molar-refractivity contribution in [3.63, 3.8) is 0 Å². The SMILES string of the molecule is Cc1cc(C(=O)CSc2c(C)cccc2C)c(C)cc1/N=C\N(C)C. The molecule has 4 heteroatoms. The molecule has 0 radical (unpaired) electrons. The first kappa shape index (κ1) is 19.3. The average molecular weight is 355 g/mol. The molecule has 2 aromatic carbocycles. The van der Waals surface area contributed by atoms with Crippen molar-refractivity contribution >= 4 is 29.6 Å². The summed E-state index contributed by atoms with van der Waals surface area (Å²) in [5, 5.41) is 0. The fourth-order valence-corrected chi connectivity index (χ4v) is 3.68. The lowest BCUT2D eigenvalue weighted by Gasteiger charge is -2.11. The van der Waals surface area contributed by atoms with Gasteiger partial charge in [-0.15, -0.1) is 11.8 Å². The van der Waals surface area contributed by atoms with Crippen molar-refractivity contribution < 1.29 is 4.79 Å². The molecule has 0 aliphatic carbocycles. The molecule has 3 nitrogen and oxygen atoms in total. The van der Waals surface area contributed by atoms with Gasteiger partial charge in [0.05, 0.1) is 17.8 Å². The molecule has 0 saturated carbocycles. The van der Waals surface area contributed by atoms with Crippen LogP contribution in [0.3, 0.4) is 0 Å². The van der Waals surface area contributed by atoms with E-state index in [9.17, 15) is 4.79 Å². The number of Topliss-reactive ketones (excluding diaryl/α,β-unsaturated/α-hetero) is 1. The van der Waals surface area contributed by atoms with Crippen molar-refractivity contribution in [3.05, 3.63) is 58.1 Å². The summed E-state index contributed by atoms with van der Waals surface area (Å²) < 4.78 is 0. The first-order chi connectivity index (χ1) is 11.8. The zero-order valence-electron chi connectivity index (χ0n) is 15.9. The number of hydrogen-bond acceptors (Lipinski definition) is 3. The molecule has 0 aromatic heterocycles. The minimum absolute atomic E-state index is 0.163. The number of thioether (sulfide) groups is 1. The van der Waals surface area contributed by atoms with Gasteiger partial charge in [0.1, 0.15) is 0 Å². The Kier molecular flexibility index (Phi) is 6.43. The van der Waals surface area contributed by atoms with Gasteiger partial charge < -0.3 is 4.90 Å². The second kappa shape index (κ2) is 8.34. The monoisotopic (exact) mass is 354 g/mol. The van der Waals surface area contributed by atoms with Crippen molar-refractivity contribution in [2.75, 3.05) is 19.8 Å². The molecular weight excluding hydrogens is 328 g/mol. The predicted molar refractivity (Wildman–Crippen MR) is 109 cm³/mol. The largest absolute Gasteiger partial charge is 0.369 e. The van der Waals surface area contributed by atoms with Gasteiger partial charge in [0.25, 0.3) is 0 Å². The van der Waals surface area contributed by atoms with Gasteiger partial charge in [0.15, 0.2) is 5.78 Å². The number of aliphatic imine (C=N–C) groups is 1. The van der Waals surface area contributed by atoms with E-state index in [4.69, 9.17) is 0 Å². The summed E-state index contributed by atoms with van der Waals surface area (Å²) in [5.41, 5.74) is 6.14. The van der Waals surface area contributed by atoms with Crippen LogP contribution in [0.4, 0.5) is 5.69 Å². The van der Waals surface area contributed by atoms with Gasteiger partial charge in [-0.05, 0) is 62.1 Å². The van der Waals surface area contributed by atoms with E-state index >= 15 is 0 Å². The fraction of sp³-hybridized carbons (Fsp3) is 0.333. The van der Waals surface area contributed by atoms with E-state index in [2.05, 4.69) is 37.0 Å². The Morgan fingerprint density at radius 1 is 1.04 bits per heavy atom. The molecule has 132 valence electrons. The van der Waals surface area contributed by atoms with E-state index in [-0.39, 0.29) is 5.78 Å². The highest BCUT2D eigenvalue weighted by atomic mass is 32.2. The second-order valence-electron chi connectivity index (χ2n) is 6.59. The summed E-state index contributed by atoms with van der Waals surface area (Å²) in [4.78, 5) is 20.3. The number of carbonyl (C=O) groups is 1. The molecule has 2 aromatic rings. The molecule has 0 aliphatic heterocycles. The number of benzene rings is 2. The Bertz CT molecular complexity index is 790. The third-order valence-corrected chi connectivity index (χ3v) is 5.37. The topological polar surface area (TPSA) is 32.7 Å². The maximum Gasteiger partial charge on any atom is 0.173 e. The third kappa shape index (κ3) is 4.95. The number of aryl methyl sites for hydroxylation is 4. The minimum Gasteiger partial charge on any atom is -0.369 e. The lowest BCUT2D eigenvalue weighted by Crippen LogP contribution is -2.08. The number of rotatable bonds is 6. The van der Waals surface area contributed by atoms with Crippen molar-refractivity contribution in [2.24, 2.45) is 4.99 Å². The lowest BCUT2D eigenvalue weighted by atomic mass is 10.0. The van der Waals surface area contributed by atoms with Crippen LogP contribution < -0.4 is 0 Å². The normalized spacial score (nSPS) is 11.1. The standard InChI is InChI=1S/C21H26N2OS/c1-14-8-7-9-15(2)21(14)25-12-20(24)18-10-17(4)19(11-16(18)3)22-13-23(5)6/h7-11,13H,12H2,1-6H3/b22-13-. The molecule has 0 bridgehead atoms. The summed E-state index contributed by atoms with van der Waals surface area (Å²) in [6, 6.07) is 10.2. The van der Waals surface area contributed by atoms with Gasteiger partial charge >= 0.3 is 0 Å². The van der Waals surface area contributed by atoms with Crippen molar-refractivity contribution in [2.45, 2.75) is 32.6 Å². The minimum atomic E-state index is 0.163. The Labute approximate surface area is 155 Å². The van der Waals surface area contributed by atoms with Crippen LogP contribution in [0.2, 0.25) is 0 Å². The Hall–Kier alpha value is -2.07. The average Bonchev–Trinajstić information content (AvgIpc) is 2.54.